The van der Waals surface area contributed by atoms with E-state index in [1.807, 2.05) is 19.1 Å². The molecule has 0 aromatic heterocycles. The number of benzene rings is 1. The second-order valence-corrected chi connectivity index (χ2v) is 3.68. The molecule has 0 spiro atoms. The fraction of sp³-hybridized carbons (Fsp3) is 0.455. The molecule has 1 aliphatic rings. The van der Waals surface area contributed by atoms with Gasteiger partial charge in [-0.05, 0) is 18.1 Å². The van der Waals surface area contributed by atoms with E-state index in [1.165, 1.54) is 11.1 Å². The normalized spacial score (nSPS) is 18.6. The third kappa shape index (κ3) is 1.59. The first-order chi connectivity index (χ1) is 6.31. The van der Waals surface area contributed by atoms with E-state index >= 15 is 0 Å². The molecule has 2 rings (SSSR count). The van der Waals surface area contributed by atoms with Gasteiger partial charge in [-0.15, -0.1) is 0 Å². The third-order valence-electron chi connectivity index (χ3n) is 2.71. The number of halogens is 1. The van der Waals surface area contributed by atoms with Gasteiger partial charge in [-0.3, -0.25) is 4.90 Å². The number of nitrogens with zero attached hydrogens (tertiary/aromatic N) is 1. The average Bonchev–Trinajstić information content (AvgIpc) is 2.59. The SMILES string of the molecule is CC(CF)N1Cc2ccccc2C1. The number of alkyl halides is 1. The minimum Gasteiger partial charge on any atom is -0.290 e. The van der Waals surface area contributed by atoms with Crippen LogP contribution in [0.3, 0.4) is 0 Å². The Hall–Kier alpha value is -0.890. The van der Waals surface area contributed by atoms with Crippen molar-refractivity contribution < 1.29 is 4.39 Å². The van der Waals surface area contributed by atoms with Crippen LogP contribution in [-0.4, -0.2) is 17.6 Å². The summed E-state index contributed by atoms with van der Waals surface area (Å²) in [7, 11) is 0. The molecule has 1 nitrogen and oxygen atoms in total. The molecule has 70 valence electrons. The van der Waals surface area contributed by atoms with Crippen LogP contribution in [-0.2, 0) is 13.1 Å². The average molecular weight is 179 g/mol. The molecule has 0 N–H and O–H groups in total. The summed E-state index contributed by atoms with van der Waals surface area (Å²) in [4.78, 5) is 2.17. The Kier molecular flexibility index (Phi) is 2.32. The molecule has 1 unspecified atom stereocenters. The van der Waals surface area contributed by atoms with Crippen LogP contribution in [0.1, 0.15) is 18.1 Å². The summed E-state index contributed by atoms with van der Waals surface area (Å²) in [5.74, 6) is 0. The van der Waals surface area contributed by atoms with Crippen LogP contribution < -0.4 is 0 Å². The van der Waals surface area contributed by atoms with E-state index in [9.17, 15) is 4.39 Å². The molecule has 0 bridgehead atoms. The van der Waals surface area contributed by atoms with Gasteiger partial charge in [0.2, 0.25) is 0 Å². The molecule has 0 saturated heterocycles. The lowest BCUT2D eigenvalue weighted by atomic mass is 10.1. The van der Waals surface area contributed by atoms with Crippen LogP contribution in [0.15, 0.2) is 24.3 Å². The Labute approximate surface area is 78.2 Å². The number of hydrogen-bond acceptors (Lipinski definition) is 1. The summed E-state index contributed by atoms with van der Waals surface area (Å²) in [6.07, 6.45) is 0. The zero-order valence-electron chi connectivity index (χ0n) is 7.83. The van der Waals surface area contributed by atoms with Crippen molar-refractivity contribution >= 4 is 0 Å². The van der Waals surface area contributed by atoms with Crippen LogP contribution >= 0.6 is 0 Å². The Morgan fingerprint density at radius 1 is 1.31 bits per heavy atom. The largest absolute Gasteiger partial charge is 0.290 e. The summed E-state index contributed by atoms with van der Waals surface area (Å²) in [5, 5.41) is 0. The van der Waals surface area contributed by atoms with Gasteiger partial charge < -0.3 is 0 Å². The monoisotopic (exact) mass is 179 g/mol. The molecule has 1 aliphatic heterocycles. The maximum Gasteiger partial charge on any atom is 0.105 e. The van der Waals surface area contributed by atoms with Crippen molar-refractivity contribution in [1.29, 1.82) is 0 Å². The molecule has 0 aliphatic carbocycles. The quantitative estimate of drug-likeness (QED) is 0.673. The van der Waals surface area contributed by atoms with Crippen molar-refractivity contribution in [2.75, 3.05) is 6.67 Å². The van der Waals surface area contributed by atoms with E-state index in [-0.39, 0.29) is 12.7 Å². The fourth-order valence-electron chi connectivity index (χ4n) is 1.77. The zero-order chi connectivity index (χ0) is 9.26. The molecule has 1 heterocycles. The number of hydrogen-bond donors (Lipinski definition) is 0. The molecule has 0 fully saturated rings. The molecular weight excluding hydrogens is 165 g/mol. The van der Waals surface area contributed by atoms with E-state index in [4.69, 9.17) is 0 Å². The van der Waals surface area contributed by atoms with Gasteiger partial charge in [0.15, 0.2) is 0 Å². The maximum absolute atomic E-state index is 12.4. The van der Waals surface area contributed by atoms with Crippen LogP contribution in [0.25, 0.3) is 0 Å². The number of fused-ring (bicyclic) bond motifs is 1. The van der Waals surface area contributed by atoms with E-state index in [2.05, 4.69) is 17.0 Å². The van der Waals surface area contributed by atoms with Gasteiger partial charge in [0, 0.05) is 19.1 Å². The molecule has 13 heavy (non-hydrogen) atoms. The van der Waals surface area contributed by atoms with Crippen molar-refractivity contribution in [3.05, 3.63) is 35.4 Å². The lowest BCUT2D eigenvalue weighted by molar-refractivity contribution is 0.179. The molecule has 1 aromatic rings. The Morgan fingerprint density at radius 3 is 2.31 bits per heavy atom. The molecule has 1 aromatic carbocycles. The second-order valence-electron chi connectivity index (χ2n) is 3.68. The van der Waals surface area contributed by atoms with E-state index in [0.717, 1.165) is 13.1 Å². The molecule has 0 amide bonds. The summed E-state index contributed by atoms with van der Waals surface area (Å²) in [6.45, 7) is 3.49. The highest BCUT2D eigenvalue weighted by atomic mass is 19.1. The first kappa shape index (κ1) is 8.70. The topological polar surface area (TPSA) is 3.24 Å². The van der Waals surface area contributed by atoms with E-state index in [0.29, 0.717) is 0 Å². The molecule has 1 atom stereocenters. The number of rotatable bonds is 2. The van der Waals surface area contributed by atoms with Crippen molar-refractivity contribution in [2.24, 2.45) is 0 Å². The predicted octanol–water partition coefficient (Wildman–Crippen LogP) is 2.36. The van der Waals surface area contributed by atoms with Gasteiger partial charge >= 0.3 is 0 Å². The highest BCUT2D eigenvalue weighted by Crippen LogP contribution is 2.23. The Bertz CT molecular complexity index is 273. The van der Waals surface area contributed by atoms with Crippen molar-refractivity contribution in [3.8, 4) is 0 Å². The summed E-state index contributed by atoms with van der Waals surface area (Å²) < 4.78 is 12.4. The van der Waals surface area contributed by atoms with Crippen molar-refractivity contribution in [3.63, 3.8) is 0 Å². The van der Waals surface area contributed by atoms with Gasteiger partial charge in [-0.25, -0.2) is 4.39 Å². The van der Waals surface area contributed by atoms with E-state index < -0.39 is 0 Å². The van der Waals surface area contributed by atoms with Gasteiger partial charge in [0.25, 0.3) is 0 Å². The third-order valence-corrected chi connectivity index (χ3v) is 2.71. The van der Waals surface area contributed by atoms with Crippen LogP contribution in [0.4, 0.5) is 4.39 Å². The maximum atomic E-state index is 12.4. The second kappa shape index (κ2) is 3.46. The highest BCUT2D eigenvalue weighted by molar-refractivity contribution is 5.30. The van der Waals surface area contributed by atoms with Crippen molar-refractivity contribution in [1.82, 2.24) is 4.90 Å². The fourth-order valence-corrected chi connectivity index (χ4v) is 1.77. The zero-order valence-corrected chi connectivity index (χ0v) is 7.83. The molecule has 0 saturated carbocycles. The van der Waals surface area contributed by atoms with Crippen LogP contribution in [0.5, 0.6) is 0 Å². The minimum absolute atomic E-state index is 0.0485. The summed E-state index contributed by atoms with van der Waals surface area (Å²) >= 11 is 0. The Morgan fingerprint density at radius 2 is 1.85 bits per heavy atom. The predicted molar refractivity (Wildman–Crippen MR) is 51.1 cm³/mol. The lowest BCUT2D eigenvalue weighted by Crippen LogP contribution is -2.29. The van der Waals surface area contributed by atoms with Crippen LogP contribution in [0, 0.1) is 0 Å². The van der Waals surface area contributed by atoms with Gasteiger partial charge in [-0.1, -0.05) is 24.3 Å². The van der Waals surface area contributed by atoms with Gasteiger partial charge in [-0.2, -0.15) is 0 Å². The molecule has 2 heteroatoms. The van der Waals surface area contributed by atoms with Gasteiger partial charge in [0.1, 0.15) is 6.67 Å². The molecule has 0 radical (unpaired) electrons. The highest BCUT2D eigenvalue weighted by Gasteiger charge is 2.22. The molecular formula is C11H14FN. The van der Waals surface area contributed by atoms with Crippen molar-refractivity contribution in [2.45, 2.75) is 26.1 Å². The van der Waals surface area contributed by atoms with E-state index in [1.54, 1.807) is 0 Å². The Balaban J connectivity index is 2.14. The minimum atomic E-state index is -0.256. The first-order valence-corrected chi connectivity index (χ1v) is 4.68. The lowest BCUT2D eigenvalue weighted by Gasteiger charge is -2.20. The summed E-state index contributed by atoms with van der Waals surface area (Å²) in [5.41, 5.74) is 2.70. The standard InChI is InChI=1S/C11H14FN/c1-9(6-12)13-7-10-4-2-3-5-11(10)8-13/h2-5,9H,6-8H2,1H3. The van der Waals surface area contributed by atoms with Crippen LogP contribution in [0.2, 0.25) is 0 Å². The first-order valence-electron chi connectivity index (χ1n) is 4.68. The smallest absolute Gasteiger partial charge is 0.105 e. The van der Waals surface area contributed by atoms with Gasteiger partial charge in [0.05, 0.1) is 0 Å². The summed E-state index contributed by atoms with van der Waals surface area (Å²) in [6, 6.07) is 8.39.